The van der Waals surface area contributed by atoms with Crippen molar-refractivity contribution in [2.24, 2.45) is 0 Å². The minimum Gasteiger partial charge on any atom is -0.480 e. The van der Waals surface area contributed by atoms with E-state index < -0.39 is 23.7 Å². The largest absolute Gasteiger partial charge is 0.480 e. The van der Waals surface area contributed by atoms with Gasteiger partial charge in [0.25, 0.3) is 0 Å². The maximum Gasteiger partial charge on any atom is 0.408 e. The van der Waals surface area contributed by atoms with Crippen LogP contribution >= 0.6 is 0 Å². The van der Waals surface area contributed by atoms with Gasteiger partial charge in [0.15, 0.2) is 5.78 Å². The molecule has 3 rings (SSSR count). The third kappa shape index (κ3) is 8.58. The molecule has 194 valence electrons. The summed E-state index contributed by atoms with van der Waals surface area (Å²) in [5.41, 5.74) is 3.78. The normalized spacial score (nSPS) is 12.9. The van der Waals surface area contributed by atoms with Crippen LogP contribution in [0.3, 0.4) is 0 Å². The lowest BCUT2D eigenvalue weighted by molar-refractivity contribution is -0.139. The molecule has 0 saturated carbocycles. The molecule has 0 saturated heterocycles. The molecule has 0 aromatic heterocycles. The van der Waals surface area contributed by atoms with Crippen molar-refractivity contribution in [3.8, 4) is 11.1 Å². The predicted octanol–water partition coefficient (Wildman–Crippen LogP) is 5.41. The second kappa shape index (κ2) is 12.3. The lowest BCUT2D eigenvalue weighted by atomic mass is 9.97. The summed E-state index contributed by atoms with van der Waals surface area (Å²) < 4.78 is 5.18. The highest BCUT2D eigenvalue weighted by Gasteiger charge is 2.24. The van der Waals surface area contributed by atoms with Gasteiger partial charge in [-0.25, -0.2) is 9.59 Å². The zero-order valence-corrected chi connectivity index (χ0v) is 21.7. The minimum atomic E-state index is -1.13. The molecule has 3 aromatic rings. The second-order valence-electron chi connectivity index (χ2n) is 9.96. The summed E-state index contributed by atoms with van der Waals surface area (Å²) in [4.78, 5) is 36.1. The lowest BCUT2D eigenvalue weighted by Gasteiger charge is -2.22. The van der Waals surface area contributed by atoms with Crippen molar-refractivity contribution >= 4 is 17.8 Å². The van der Waals surface area contributed by atoms with Crippen LogP contribution in [0.2, 0.25) is 0 Å². The Bertz CT molecular complexity index is 1220. The maximum atomic E-state index is 12.4. The van der Waals surface area contributed by atoms with E-state index in [0.717, 1.165) is 22.3 Å². The van der Waals surface area contributed by atoms with E-state index in [1.807, 2.05) is 79.7 Å². The number of hydrogen-bond acceptors (Lipinski definition) is 5. The zero-order chi connectivity index (χ0) is 27.0. The zero-order valence-electron chi connectivity index (χ0n) is 21.7. The van der Waals surface area contributed by atoms with Gasteiger partial charge in [-0.15, -0.1) is 0 Å². The Balaban J connectivity index is 1.63. The highest BCUT2D eigenvalue weighted by atomic mass is 16.6. The van der Waals surface area contributed by atoms with Crippen LogP contribution in [0.25, 0.3) is 11.1 Å². The number of Topliss-reactive ketones (excluding diaryl/α,β-unsaturated/α-hetero) is 1. The van der Waals surface area contributed by atoms with Gasteiger partial charge >= 0.3 is 12.1 Å². The van der Waals surface area contributed by atoms with Gasteiger partial charge in [-0.2, -0.15) is 0 Å². The number of carboxylic acids is 1. The number of carbonyl (C=O) groups excluding carboxylic acids is 2. The Morgan fingerprint density at radius 2 is 1.57 bits per heavy atom. The number of carbonyl (C=O) groups is 3. The monoisotopic (exact) mass is 502 g/mol. The fourth-order valence-corrected chi connectivity index (χ4v) is 3.80. The van der Waals surface area contributed by atoms with E-state index >= 15 is 0 Å². The highest BCUT2D eigenvalue weighted by Crippen LogP contribution is 2.24. The molecule has 0 aliphatic carbocycles. The quantitative estimate of drug-likeness (QED) is 0.320. The van der Waals surface area contributed by atoms with E-state index in [2.05, 4.69) is 16.7 Å². The third-order valence-corrected chi connectivity index (χ3v) is 5.77. The molecule has 2 unspecified atom stereocenters. The lowest BCUT2D eigenvalue weighted by Crippen LogP contribution is -2.44. The molecule has 0 bridgehead atoms. The number of benzene rings is 3. The molecule has 2 atom stereocenters. The van der Waals surface area contributed by atoms with Gasteiger partial charge in [-0.3, -0.25) is 4.79 Å². The number of aliphatic carboxylic acids is 1. The first-order chi connectivity index (χ1) is 17.5. The van der Waals surface area contributed by atoms with Gasteiger partial charge < -0.3 is 20.5 Å². The molecule has 3 aromatic carbocycles. The molecule has 37 heavy (non-hydrogen) atoms. The number of nitrogens with one attached hydrogen (secondary N) is 2. The van der Waals surface area contributed by atoms with Gasteiger partial charge in [-0.05, 0) is 56.0 Å². The Morgan fingerprint density at radius 3 is 2.19 bits per heavy atom. The number of hydrogen-bond donors (Lipinski definition) is 3. The van der Waals surface area contributed by atoms with Crippen molar-refractivity contribution in [3.05, 3.63) is 95.6 Å². The topological polar surface area (TPSA) is 105 Å². The Kier molecular flexibility index (Phi) is 9.20. The summed E-state index contributed by atoms with van der Waals surface area (Å²) in [6.45, 7) is 7.42. The van der Waals surface area contributed by atoms with Gasteiger partial charge in [0, 0.05) is 18.0 Å². The average molecular weight is 503 g/mol. The predicted molar refractivity (Wildman–Crippen MR) is 144 cm³/mol. The molecule has 0 aliphatic heterocycles. The van der Waals surface area contributed by atoms with Gasteiger partial charge in [0.1, 0.15) is 11.6 Å². The van der Waals surface area contributed by atoms with Crippen molar-refractivity contribution < 1.29 is 24.2 Å². The van der Waals surface area contributed by atoms with Crippen LogP contribution < -0.4 is 10.6 Å². The highest BCUT2D eigenvalue weighted by molar-refractivity contribution is 5.97. The summed E-state index contributed by atoms with van der Waals surface area (Å²) in [5, 5.41) is 15.3. The first-order valence-electron chi connectivity index (χ1n) is 12.2. The van der Waals surface area contributed by atoms with Crippen molar-refractivity contribution in [1.82, 2.24) is 10.6 Å². The van der Waals surface area contributed by atoms with E-state index in [4.69, 9.17) is 4.74 Å². The van der Waals surface area contributed by atoms with E-state index in [1.165, 1.54) is 0 Å². The van der Waals surface area contributed by atoms with Crippen LogP contribution in [0.4, 0.5) is 4.79 Å². The Hall–Kier alpha value is -3.97. The molecule has 3 N–H and O–H groups in total. The van der Waals surface area contributed by atoms with Gasteiger partial charge in [-0.1, -0.05) is 72.8 Å². The summed E-state index contributed by atoms with van der Waals surface area (Å²) in [7, 11) is 0. The average Bonchev–Trinajstić information content (AvgIpc) is 2.86. The SMILES string of the molecule is CC(NCC(=O)c1ccccc1)c1cccc(-c2ccc(CC(NC(=O)OC(C)(C)C)C(=O)O)cc2)c1. The summed E-state index contributed by atoms with van der Waals surface area (Å²) in [5.74, 6) is -1.09. The van der Waals surface area contributed by atoms with E-state index in [-0.39, 0.29) is 24.8 Å². The van der Waals surface area contributed by atoms with Crippen molar-refractivity contribution in [2.75, 3.05) is 6.54 Å². The van der Waals surface area contributed by atoms with Crippen LogP contribution in [0.5, 0.6) is 0 Å². The molecular weight excluding hydrogens is 468 g/mol. The molecule has 0 radical (unpaired) electrons. The van der Waals surface area contributed by atoms with Crippen molar-refractivity contribution in [1.29, 1.82) is 0 Å². The number of rotatable bonds is 10. The first-order valence-corrected chi connectivity index (χ1v) is 12.2. The number of ketones is 1. The van der Waals surface area contributed by atoms with Crippen LogP contribution in [0.1, 0.15) is 55.2 Å². The number of alkyl carbamates (subject to hydrolysis) is 1. The van der Waals surface area contributed by atoms with Crippen molar-refractivity contribution in [2.45, 2.75) is 51.8 Å². The molecule has 1 amide bonds. The van der Waals surface area contributed by atoms with Crippen LogP contribution in [-0.4, -0.2) is 41.1 Å². The van der Waals surface area contributed by atoms with E-state index in [0.29, 0.717) is 5.56 Å². The molecule has 0 heterocycles. The van der Waals surface area contributed by atoms with Crippen LogP contribution in [0, 0.1) is 0 Å². The Morgan fingerprint density at radius 1 is 0.892 bits per heavy atom. The minimum absolute atomic E-state index is 0.0258. The fraction of sp³-hybridized carbons (Fsp3) is 0.300. The molecular formula is C30H34N2O5. The van der Waals surface area contributed by atoms with Gasteiger partial charge in [0.2, 0.25) is 0 Å². The van der Waals surface area contributed by atoms with E-state index in [1.54, 1.807) is 20.8 Å². The van der Waals surface area contributed by atoms with E-state index in [9.17, 15) is 19.5 Å². The molecule has 7 heteroatoms. The molecule has 0 aliphatic rings. The summed E-state index contributed by atoms with van der Waals surface area (Å²) >= 11 is 0. The van der Waals surface area contributed by atoms with Gasteiger partial charge in [0.05, 0.1) is 6.54 Å². The first kappa shape index (κ1) is 27.6. The third-order valence-electron chi connectivity index (χ3n) is 5.77. The van der Waals surface area contributed by atoms with Crippen LogP contribution in [-0.2, 0) is 16.0 Å². The Labute approximate surface area is 217 Å². The molecule has 7 nitrogen and oxygen atoms in total. The number of amides is 1. The molecule has 0 fully saturated rings. The second-order valence-corrected chi connectivity index (χ2v) is 9.96. The summed E-state index contributed by atoms with van der Waals surface area (Å²) in [6.07, 6.45) is -0.632. The maximum absolute atomic E-state index is 12.4. The summed E-state index contributed by atoms with van der Waals surface area (Å²) in [6, 6.07) is 23.7. The molecule has 0 spiro atoms. The standard InChI is InChI=1S/C30H34N2O5/c1-20(31-19-27(33)23-9-6-5-7-10-23)24-11-8-12-25(18-24)22-15-13-21(14-16-22)17-26(28(34)35)32-29(36)37-30(2,3)4/h5-16,18,20,26,31H,17,19H2,1-4H3,(H,32,36)(H,34,35). The number of ether oxygens (including phenoxy) is 1. The van der Waals surface area contributed by atoms with Crippen molar-refractivity contribution in [3.63, 3.8) is 0 Å². The number of carboxylic acid groups (broad SMARTS) is 1. The van der Waals surface area contributed by atoms with Crippen LogP contribution in [0.15, 0.2) is 78.9 Å². The smallest absolute Gasteiger partial charge is 0.408 e. The fourth-order valence-electron chi connectivity index (χ4n) is 3.80.